The van der Waals surface area contributed by atoms with E-state index in [1.54, 1.807) is 16.7 Å². The summed E-state index contributed by atoms with van der Waals surface area (Å²) in [4.78, 5) is 25.6. The Kier molecular flexibility index (Phi) is 3.82. The van der Waals surface area contributed by atoms with Crippen LogP contribution in [0.15, 0.2) is 0 Å². The third kappa shape index (κ3) is 2.06. The van der Waals surface area contributed by atoms with Gasteiger partial charge in [-0.3, -0.25) is 4.79 Å². The predicted octanol–water partition coefficient (Wildman–Crippen LogP) is 2.47. The number of nitrogens with zero attached hydrogens (tertiary/aromatic N) is 1. The lowest BCUT2D eigenvalue weighted by atomic mass is 9.98. The maximum Gasteiger partial charge on any atom is 0.331 e. The van der Waals surface area contributed by atoms with Crippen LogP contribution in [-0.2, 0) is 14.3 Å². The molecule has 2 aliphatic heterocycles. The number of halogens is 3. The number of carbonyl (C=O) groups excluding carboxylic acids is 2. The number of hydrogen-bond donors (Lipinski definition) is 0. The monoisotopic (exact) mass is 497 g/mol. The molecule has 0 aromatic carbocycles. The number of β-lactam (4-membered cyclic amide) rings is 1. The first kappa shape index (κ1) is 14.4. The summed E-state index contributed by atoms with van der Waals surface area (Å²) in [6.45, 7) is 3.92. The van der Waals surface area contributed by atoms with Gasteiger partial charge in [-0.05, 0) is 29.8 Å². The lowest BCUT2D eigenvalue weighted by Crippen LogP contribution is -2.68. The highest BCUT2D eigenvalue weighted by Gasteiger charge is 2.70. The van der Waals surface area contributed by atoms with E-state index in [0.717, 1.165) is 0 Å². The van der Waals surface area contributed by atoms with E-state index in [9.17, 15) is 9.59 Å². The lowest BCUT2D eigenvalue weighted by Gasteiger charge is -2.46. The van der Waals surface area contributed by atoms with Gasteiger partial charge in [-0.2, -0.15) is 0 Å². The van der Waals surface area contributed by atoms with Crippen molar-refractivity contribution in [2.24, 2.45) is 0 Å². The zero-order valence-electron chi connectivity index (χ0n) is 9.08. The van der Waals surface area contributed by atoms with Gasteiger partial charge in [0.05, 0.1) is 0 Å². The Labute approximate surface area is 134 Å². The standard InChI is InChI=1S/C9H10Br2INO3S/c1-8(2)4(5(14)16-3-10)13-6(15)9(11,12)7(13)17-8/h4,7H,3H2,1-2H3/t4-,7+,9?/m0/s1. The Morgan fingerprint density at radius 1 is 1.65 bits per heavy atom. The van der Waals surface area contributed by atoms with Crippen LogP contribution in [-0.4, -0.2) is 40.8 Å². The van der Waals surface area contributed by atoms with Gasteiger partial charge in [-0.1, -0.05) is 38.5 Å². The fourth-order valence-corrected chi connectivity index (χ4v) is 5.48. The fraction of sp³-hybridized carbons (Fsp3) is 0.778. The van der Waals surface area contributed by atoms with Gasteiger partial charge in [-0.25, -0.2) is 4.79 Å². The zero-order valence-corrected chi connectivity index (χ0v) is 15.2. The maximum atomic E-state index is 12.0. The molecule has 2 saturated heterocycles. The van der Waals surface area contributed by atoms with Crippen molar-refractivity contribution in [3.63, 3.8) is 0 Å². The normalized spacial score (nSPS) is 38.6. The van der Waals surface area contributed by atoms with Gasteiger partial charge in [0.25, 0.3) is 5.91 Å². The first-order valence-corrected chi connectivity index (χ1v) is 8.71. The van der Waals surface area contributed by atoms with E-state index in [1.165, 1.54) is 0 Å². The number of ether oxygens (including phenoxy) is 1. The van der Waals surface area contributed by atoms with Crippen molar-refractivity contribution in [2.75, 3.05) is 5.52 Å². The van der Waals surface area contributed by atoms with Crippen LogP contribution in [0.4, 0.5) is 0 Å². The number of carbonyl (C=O) groups is 2. The van der Waals surface area contributed by atoms with Gasteiger partial charge in [-0.15, -0.1) is 11.8 Å². The van der Waals surface area contributed by atoms with Crippen molar-refractivity contribution < 1.29 is 14.3 Å². The van der Waals surface area contributed by atoms with E-state index in [-0.39, 0.29) is 27.5 Å². The van der Waals surface area contributed by atoms with Crippen molar-refractivity contribution in [3.05, 3.63) is 0 Å². The molecule has 8 heteroatoms. The molecular weight excluding hydrogens is 489 g/mol. The number of thioether (sulfide) groups is 1. The van der Waals surface area contributed by atoms with E-state index in [4.69, 9.17) is 4.74 Å². The molecule has 0 N–H and O–H groups in total. The minimum Gasteiger partial charge on any atom is -0.452 e. The van der Waals surface area contributed by atoms with Crippen LogP contribution < -0.4 is 0 Å². The predicted molar refractivity (Wildman–Crippen MR) is 81.7 cm³/mol. The molecule has 2 heterocycles. The summed E-state index contributed by atoms with van der Waals surface area (Å²) in [6, 6.07) is -0.511. The summed E-state index contributed by atoms with van der Waals surface area (Å²) in [5.74, 6) is -0.410. The van der Waals surface area contributed by atoms with Gasteiger partial charge >= 0.3 is 5.97 Å². The molecule has 1 amide bonds. The van der Waals surface area contributed by atoms with E-state index in [2.05, 4.69) is 54.5 Å². The third-order valence-electron chi connectivity index (χ3n) is 2.85. The molecule has 0 aromatic rings. The Morgan fingerprint density at radius 2 is 2.24 bits per heavy atom. The number of alkyl halides is 3. The molecule has 2 rings (SSSR count). The van der Waals surface area contributed by atoms with Crippen molar-refractivity contribution in [2.45, 2.75) is 32.3 Å². The summed E-state index contributed by atoms with van der Waals surface area (Å²) in [5.41, 5.74) is 0.152. The van der Waals surface area contributed by atoms with Crippen LogP contribution in [0.3, 0.4) is 0 Å². The number of esters is 1. The number of amides is 1. The van der Waals surface area contributed by atoms with Crippen LogP contribution in [0.5, 0.6) is 0 Å². The molecule has 2 fully saturated rings. The smallest absolute Gasteiger partial charge is 0.331 e. The highest BCUT2D eigenvalue weighted by atomic mass is 127. The molecule has 4 nitrogen and oxygen atoms in total. The Balaban J connectivity index is 2.28. The van der Waals surface area contributed by atoms with E-state index in [1.807, 2.05) is 13.8 Å². The minimum atomic E-state index is -0.587. The number of rotatable bonds is 2. The summed E-state index contributed by atoms with van der Waals surface area (Å²) in [6.07, 6.45) is 0. The lowest BCUT2D eigenvalue weighted by molar-refractivity contribution is -0.159. The summed E-state index contributed by atoms with van der Waals surface area (Å²) < 4.78 is 4.06. The Bertz CT molecular complexity index is 390. The molecular formula is C9H10Br2INO3S. The van der Waals surface area contributed by atoms with Gasteiger partial charge in [0.15, 0.2) is 2.33 Å². The van der Waals surface area contributed by atoms with Crippen molar-refractivity contribution >= 4 is 78.1 Å². The van der Waals surface area contributed by atoms with Gasteiger partial charge < -0.3 is 9.64 Å². The average molecular weight is 499 g/mol. The SMILES string of the molecule is CC1(C)S[C@H]2N(C(=O)C2(Br)I)[C@H]1C(=O)OCBr. The van der Waals surface area contributed by atoms with E-state index < -0.39 is 8.37 Å². The van der Waals surface area contributed by atoms with Crippen molar-refractivity contribution in [1.29, 1.82) is 0 Å². The minimum absolute atomic E-state index is 0.0153. The van der Waals surface area contributed by atoms with Gasteiger partial charge in [0.2, 0.25) is 0 Å². The second kappa shape index (κ2) is 4.52. The van der Waals surface area contributed by atoms with Crippen molar-refractivity contribution in [1.82, 2.24) is 4.90 Å². The molecule has 0 saturated carbocycles. The molecule has 0 radical (unpaired) electrons. The Morgan fingerprint density at radius 3 is 2.76 bits per heavy atom. The third-order valence-corrected chi connectivity index (χ3v) is 7.27. The summed E-state index contributed by atoms with van der Waals surface area (Å²) in [7, 11) is 0. The quantitative estimate of drug-likeness (QED) is 0.254. The van der Waals surface area contributed by atoms with Crippen LogP contribution in [0, 0.1) is 0 Å². The largest absolute Gasteiger partial charge is 0.452 e. The van der Waals surface area contributed by atoms with Gasteiger partial charge in [0, 0.05) is 4.75 Å². The first-order valence-electron chi connectivity index (χ1n) is 4.84. The first-order chi connectivity index (χ1) is 7.73. The molecule has 0 spiro atoms. The molecule has 1 unspecified atom stereocenters. The fourth-order valence-electron chi connectivity index (χ4n) is 2.09. The van der Waals surface area contributed by atoms with E-state index >= 15 is 0 Å². The molecule has 0 aliphatic carbocycles. The molecule has 17 heavy (non-hydrogen) atoms. The molecule has 3 atom stereocenters. The van der Waals surface area contributed by atoms with Crippen LogP contribution >= 0.6 is 66.2 Å². The second-order valence-corrected chi connectivity index (χ2v) is 11.0. The number of hydrogen-bond acceptors (Lipinski definition) is 4. The zero-order chi connectivity index (χ0) is 13.0. The molecule has 0 aromatic heterocycles. The average Bonchev–Trinajstić information content (AvgIpc) is 2.48. The highest BCUT2D eigenvalue weighted by molar-refractivity contribution is 14.1. The summed E-state index contributed by atoms with van der Waals surface area (Å²) in [5, 5.41) is -0.0153. The highest BCUT2D eigenvalue weighted by Crippen LogP contribution is 2.60. The van der Waals surface area contributed by atoms with Crippen LogP contribution in [0.2, 0.25) is 0 Å². The Hall–Kier alpha value is 0.980. The van der Waals surface area contributed by atoms with Crippen molar-refractivity contribution in [3.8, 4) is 0 Å². The topological polar surface area (TPSA) is 46.6 Å². The molecule has 96 valence electrons. The maximum absolute atomic E-state index is 12.0. The van der Waals surface area contributed by atoms with E-state index in [0.29, 0.717) is 0 Å². The molecule has 2 aliphatic rings. The number of fused-ring (bicyclic) bond motifs is 1. The van der Waals surface area contributed by atoms with Crippen LogP contribution in [0.1, 0.15) is 13.8 Å². The molecule has 0 bridgehead atoms. The van der Waals surface area contributed by atoms with Crippen LogP contribution in [0.25, 0.3) is 0 Å². The second-order valence-electron chi connectivity index (χ2n) is 4.38. The van der Waals surface area contributed by atoms with Gasteiger partial charge in [0.1, 0.15) is 16.9 Å². The summed E-state index contributed by atoms with van der Waals surface area (Å²) >= 11 is 10.2.